The van der Waals surface area contributed by atoms with Crippen LogP contribution in [0.25, 0.3) is 0 Å². The molecule has 1 amide bonds. The van der Waals surface area contributed by atoms with Crippen molar-refractivity contribution in [2.24, 2.45) is 5.73 Å². The van der Waals surface area contributed by atoms with Crippen molar-refractivity contribution in [1.29, 1.82) is 0 Å². The van der Waals surface area contributed by atoms with Gasteiger partial charge in [0.05, 0.1) is 10.6 Å². The summed E-state index contributed by atoms with van der Waals surface area (Å²) in [4.78, 5) is 15.0. The molecular formula is C14H17BrClN3OS. The average Bonchev–Trinajstić information content (AvgIpc) is 2.43. The number of nitrogens with two attached hydrogens (primary N) is 1. The molecule has 1 heterocycles. The zero-order chi connectivity index (χ0) is 15.4. The van der Waals surface area contributed by atoms with E-state index in [0.29, 0.717) is 22.1 Å². The zero-order valence-corrected chi connectivity index (χ0v) is 14.6. The number of carbonyl (C=O) groups is 1. The van der Waals surface area contributed by atoms with E-state index in [-0.39, 0.29) is 11.9 Å². The molecule has 7 heteroatoms. The summed E-state index contributed by atoms with van der Waals surface area (Å²) in [6, 6.07) is 5.37. The van der Waals surface area contributed by atoms with Crippen LogP contribution >= 0.6 is 39.7 Å². The third kappa shape index (κ3) is 4.92. The summed E-state index contributed by atoms with van der Waals surface area (Å²) in [6.07, 6.45) is 1.79. The molecule has 1 saturated heterocycles. The van der Waals surface area contributed by atoms with Crippen LogP contribution in [0, 0.1) is 0 Å². The van der Waals surface area contributed by atoms with Gasteiger partial charge in [-0.05, 0) is 47.0 Å². The SMILES string of the molecule is NC(=S)CN1CCC(NC(=O)c2cc(Cl)ccc2Br)CC1. The Morgan fingerprint density at radius 1 is 1.48 bits per heavy atom. The predicted octanol–water partition coefficient (Wildman–Crippen LogP) is 2.58. The van der Waals surface area contributed by atoms with Crippen molar-refractivity contribution in [3.8, 4) is 0 Å². The number of nitrogens with zero attached hydrogens (tertiary/aromatic N) is 1. The van der Waals surface area contributed by atoms with Crippen molar-refractivity contribution in [1.82, 2.24) is 10.2 Å². The number of hydrogen-bond acceptors (Lipinski definition) is 3. The van der Waals surface area contributed by atoms with E-state index in [1.807, 2.05) is 0 Å². The molecule has 1 aliphatic rings. The van der Waals surface area contributed by atoms with Gasteiger partial charge in [0.25, 0.3) is 5.91 Å². The minimum absolute atomic E-state index is 0.0998. The van der Waals surface area contributed by atoms with Gasteiger partial charge in [0.15, 0.2) is 0 Å². The number of likely N-dealkylation sites (tertiary alicyclic amines) is 1. The predicted molar refractivity (Wildman–Crippen MR) is 92.9 cm³/mol. The number of amides is 1. The van der Waals surface area contributed by atoms with E-state index in [0.717, 1.165) is 30.4 Å². The summed E-state index contributed by atoms with van der Waals surface area (Å²) in [5, 5.41) is 3.61. The van der Waals surface area contributed by atoms with Crippen LogP contribution in [0.4, 0.5) is 0 Å². The van der Waals surface area contributed by atoms with Crippen LogP contribution in [-0.4, -0.2) is 41.5 Å². The molecule has 114 valence electrons. The van der Waals surface area contributed by atoms with Gasteiger partial charge in [-0.3, -0.25) is 9.69 Å². The monoisotopic (exact) mass is 389 g/mol. The van der Waals surface area contributed by atoms with Gasteiger partial charge in [-0.1, -0.05) is 23.8 Å². The second-order valence-electron chi connectivity index (χ2n) is 5.11. The molecule has 3 N–H and O–H groups in total. The number of halogens is 2. The van der Waals surface area contributed by atoms with Crippen molar-refractivity contribution in [2.45, 2.75) is 18.9 Å². The topological polar surface area (TPSA) is 58.4 Å². The first-order valence-electron chi connectivity index (χ1n) is 6.72. The second-order valence-corrected chi connectivity index (χ2v) is 6.93. The lowest BCUT2D eigenvalue weighted by Crippen LogP contribution is -2.46. The van der Waals surface area contributed by atoms with Crippen molar-refractivity contribution in [2.75, 3.05) is 19.6 Å². The van der Waals surface area contributed by atoms with Crippen molar-refractivity contribution in [3.05, 3.63) is 33.3 Å². The lowest BCUT2D eigenvalue weighted by atomic mass is 10.0. The molecule has 0 saturated carbocycles. The van der Waals surface area contributed by atoms with E-state index in [1.54, 1.807) is 18.2 Å². The van der Waals surface area contributed by atoms with E-state index >= 15 is 0 Å². The van der Waals surface area contributed by atoms with Crippen molar-refractivity contribution in [3.63, 3.8) is 0 Å². The Bertz CT molecular complexity index is 547. The minimum Gasteiger partial charge on any atom is -0.392 e. The third-order valence-electron chi connectivity index (χ3n) is 3.48. The molecule has 1 aromatic carbocycles. The highest BCUT2D eigenvalue weighted by molar-refractivity contribution is 9.10. The van der Waals surface area contributed by atoms with Crippen molar-refractivity contribution >= 4 is 50.6 Å². The number of carbonyl (C=O) groups excluding carboxylic acids is 1. The average molecular weight is 391 g/mol. The van der Waals surface area contributed by atoms with E-state index in [4.69, 9.17) is 29.6 Å². The summed E-state index contributed by atoms with van der Waals surface area (Å²) in [6.45, 7) is 2.42. The summed E-state index contributed by atoms with van der Waals surface area (Å²) >= 11 is 14.2. The summed E-state index contributed by atoms with van der Waals surface area (Å²) < 4.78 is 0.746. The molecule has 1 aliphatic heterocycles. The van der Waals surface area contributed by atoms with Crippen LogP contribution in [0.3, 0.4) is 0 Å². The van der Waals surface area contributed by atoms with E-state index in [9.17, 15) is 4.79 Å². The first-order chi connectivity index (χ1) is 9.95. The molecular weight excluding hydrogens is 374 g/mol. The highest BCUT2D eigenvalue weighted by Gasteiger charge is 2.22. The Kier molecular flexibility index (Phi) is 5.98. The van der Waals surface area contributed by atoms with Gasteiger partial charge >= 0.3 is 0 Å². The van der Waals surface area contributed by atoms with Gasteiger partial charge in [-0.25, -0.2) is 0 Å². The smallest absolute Gasteiger partial charge is 0.252 e. The number of thiocarbonyl (C=S) groups is 1. The Morgan fingerprint density at radius 3 is 2.76 bits per heavy atom. The van der Waals surface area contributed by atoms with Crippen LogP contribution in [0.15, 0.2) is 22.7 Å². The largest absolute Gasteiger partial charge is 0.392 e. The fourth-order valence-corrected chi connectivity index (χ4v) is 3.17. The third-order valence-corrected chi connectivity index (χ3v) is 4.53. The van der Waals surface area contributed by atoms with Gasteiger partial charge in [0, 0.05) is 35.2 Å². The number of piperidine rings is 1. The number of rotatable bonds is 4. The fraction of sp³-hybridized carbons (Fsp3) is 0.429. The van der Waals surface area contributed by atoms with Gasteiger partial charge in [-0.15, -0.1) is 0 Å². The first-order valence-corrected chi connectivity index (χ1v) is 8.30. The normalized spacial score (nSPS) is 16.7. The highest BCUT2D eigenvalue weighted by atomic mass is 79.9. The number of nitrogens with one attached hydrogen (secondary N) is 1. The zero-order valence-electron chi connectivity index (χ0n) is 11.4. The van der Waals surface area contributed by atoms with Gasteiger partial charge in [0.1, 0.15) is 0 Å². The second kappa shape index (κ2) is 7.54. The molecule has 0 bridgehead atoms. The van der Waals surface area contributed by atoms with Crippen LogP contribution in [0.5, 0.6) is 0 Å². The number of hydrogen-bond donors (Lipinski definition) is 2. The summed E-state index contributed by atoms with van der Waals surface area (Å²) in [5.74, 6) is -0.0998. The molecule has 0 unspecified atom stereocenters. The standard InChI is InChI=1S/C14H17BrClN3OS/c15-12-2-1-9(16)7-11(12)14(20)18-10-3-5-19(6-4-10)8-13(17)21/h1-2,7,10H,3-6,8H2,(H2,17,21)(H,18,20). The Balaban J connectivity index is 1.90. The maximum Gasteiger partial charge on any atom is 0.252 e. The van der Waals surface area contributed by atoms with E-state index in [2.05, 4.69) is 26.1 Å². The van der Waals surface area contributed by atoms with Crippen LogP contribution in [0.2, 0.25) is 5.02 Å². The molecule has 0 atom stereocenters. The molecule has 4 nitrogen and oxygen atoms in total. The Labute approximate surface area is 143 Å². The summed E-state index contributed by atoms with van der Waals surface area (Å²) in [7, 11) is 0. The molecule has 1 fully saturated rings. The Hall–Kier alpha value is -0.690. The van der Waals surface area contributed by atoms with Crippen LogP contribution < -0.4 is 11.1 Å². The van der Waals surface area contributed by atoms with Gasteiger partial charge < -0.3 is 11.1 Å². The van der Waals surface area contributed by atoms with E-state index in [1.165, 1.54) is 0 Å². The van der Waals surface area contributed by atoms with Crippen LogP contribution in [0.1, 0.15) is 23.2 Å². The first kappa shape index (κ1) is 16.7. The number of benzene rings is 1. The van der Waals surface area contributed by atoms with Gasteiger partial charge in [0.2, 0.25) is 0 Å². The molecule has 0 spiro atoms. The van der Waals surface area contributed by atoms with Crippen molar-refractivity contribution < 1.29 is 4.79 Å². The maximum atomic E-state index is 12.3. The highest BCUT2D eigenvalue weighted by Crippen LogP contribution is 2.21. The molecule has 0 aromatic heterocycles. The maximum absolute atomic E-state index is 12.3. The molecule has 1 aromatic rings. The lowest BCUT2D eigenvalue weighted by molar-refractivity contribution is 0.0914. The molecule has 0 aliphatic carbocycles. The van der Waals surface area contributed by atoms with Crippen LogP contribution in [-0.2, 0) is 0 Å². The molecule has 21 heavy (non-hydrogen) atoms. The Morgan fingerprint density at radius 2 is 2.14 bits per heavy atom. The summed E-state index contributed by atoms with van der Waals surface area (Å²) in [5.41, 5.74) is 6.11. The lowest BCUT2D eigenvalue weighted by Gasteiger charge is -2.32. The fourth-order valence-electron chi connectivity index (χ4n) is 2.39. The molecule has 0 radical (unpaired) electrons. The van der Waals surface area contributed by atoms with E-state index < -0.39 is 0 Å². The minimum atomic E-state index is -0.0998. The molecule has 2 rings (SSSR count). The van der Waals surface area contributed by atoms with Gasteiger partial charge in [-0.2, -0.15) is 0 Å². The quantitative estimate of drug-likeness (QED) is 0.776.